The number of hydrogen-bond acceptors (Lipinski definition) is 9. The fourth-order valence-corrected chi connectivity index (χ4v) is 5.17. The van der Waals surface area contributed by atoms with Crippen LogP contribution in [0.3, 0.4) is 0 Å². The van der Waals surface area contributed by atoms with Crippen molar-refractivity contribution in [2.45, 2.75) is 64.8 Å². The lowest BCUT2D eigenvalue weighted by Gasteiger charge is -2.38. The van der Waals surface area contributed by atoms with Crippen molar-refractivity contribution in [3.63, 3.8) is 0 Å². The van der Waals surface area contributed by atoms with E-state index in [4.69, 9.17) is 4.74 Å². The minimum atomic E-state index is -0.695. The number of halogens is 1. The van der Waals surface area contributed by atoms with Crippen LogP contribution in [-0.4, -0.2) is 59.7 Å². The van der Waals surface area contributed by atoms with Crippen molar-refractivity contribution in [1.82, 2.24) is 35.1 Å². The second kappa shape index (κ2) is 7.84. The van der Waals surface area contributed by atoms with Gasteiger partial charge < -0.3 is 15.4 Å². The van der Waals surface area contributed by atoms with Crippen LogP contribution in [0.5, 0.6) is 5.75 Å². The van der Waals surface area contributed by atoms with Crippen LogP contribution in [0.15, 0.2) is 24.4 Å². The van der Waals surface area contributed by atoms with Crippen LogP contribution in [-0.2, 0) is 5.72 Å². The highest BCUT2D eigenvalue weighted by molar-refractivity contribution is 5.72. The molecular formula is C24H32FN9O. The number of anilines is 3. The van der Waals surface area contributed by atoms with E-state index in [2.05, 4.69) is 75.8 Å². The van der Waals surface area contributed by atoms with Gasteiger partial charge in [-0.15, -0.1) is 5.10 Å². The standard InChI is InChI=1S/C24H32FN9O/c1-22(2)11-14(23(3,4)33(22)7)12-26-19-17(25)13-27-21(29-19)28-15-8-9-18-16(10-15)20-30-31-32-34(20)24(5,6)35-18/h8-10,13-14H,11-12H2,1-7H3,(H2,26,27,28,29). The number of ether oxygens (including phenoxy) is 1. The summed E-state index contributed by atoms with van der Waals surface area (Å²) in [5.74, 6) is 1.60. The first kappa shape index (κ1) is 23.4. The van der Waals surface area contributed by atoms with Crippen LogP contribution in [0.25, 0.3) is 11.4 Å². The van der Waals surface area contributed by atoms with E-state index in [1.165, 1.54) is 6.20 Å². The number of fused-ring (bicyclic) bond motifs is 3. The molecule has 186 valence electrons. The van der Waals surface area contributed by atoms with Gasteiger partial charge in [0, 0.05) is 23.3 Å². The van der Waals surface area contributed by atoms with Crippen molar-refractivity contribution in [3.8, 4) is 17.1 Å². The summed E-state index contributed by atoms with van der Waals surface area (Å²) in [6.07, 6.45) is 2.19. The predicted molar refractivity (Wildman–Crippen MR) is 131 cm³/mol. The molecule has 2 aliphatic rings. The third kappa shape index (κ3) is 3.97. The van der Waals surface area contributed by atoms with E-state index in [-0.39, 0.29) is 22.8 Å². The highest BCUT2D eigenvalue weighted by atomic mass is 19.1. The highest BCUT2D eigenvalue weighted by Gasteiger charge is 2.48. The molecule has 4 heterocycles. The van der Waals surface area contributed by atoms with E-state index in [0.717, 1.165) is 12.0 Å². The Labute approximate surface area is 204 Å². The van der Waals surface area contributed by atoms with Gasteiger partial charge in [0.2, 0.25) is 11.7 Å². The van der Waals surface area contributed by atoms with Crippen molar-refractivity contribution in [2.24, 2.45) is 5.92 Å². The van der Waals surface area contributed by atoms with Crippen LogP contribution in [0.1, 0.15) is 48.0 Å². The predicted octanol–water partition coefficient (Wildman–Crippen LogP) is 4.02. The minimum Gasteiger partial charge on any atom is -0.466 e. The normalized spacial score (nSPS) is 21.7. The van der Waals surface area contributed by atoms with E-state index >= 15 is 0 Å². The van der Waals surface area contributed by atoms with Gasteiger partial charge in [-0.3, -0.25) is 4.90 Å². The smallest absolute Gasteiger partial charge is 0.229 e. The van der Waals surface area contributed by atoms with Gasteiger partial charge in [0.25, 0.3) is 0 Å². The lowest BCUT2D eigenvalue weighted by atomic mass is 9.87. The molecule has 3 aromatic rings. The van der Waals surface area contributed by atoms with E-state index in [0.29, 0.717) is 29.7 Å². The Balaban J connectivity index is 1.34. The lowest BCUT2D eigenvalue weighted by Crippen LogP contribution is -2.47. The van der Waals surface area contributed by atoms with Gasteiger partial charge in [-0.2, -0.15) is 9.67 Å². The number of nitrogens with one attached hydrogen (secondary N) is 2. The Morgan fingerprint density at radius 2 is 1.94 bits per heavy atom. The topological polar surface area (TPSA) is 106 Å². The molecule has 2 N–H and O–H groups in total. The summed E-state index contributed by atoms with van der Waals surface area (Å²) >= 11 is 0. The zero-order valence-electron chi connectivity index (χ0n) is 21.2. The number of hydrogen-bond donors (Lipinski definition) is 2. The molecule has 35 heavy (non-hydrogen) atoms. The highest BCUT2D eigenvalue weighted by Crippen LogP contribution is 2.44. The molecule has 2 aromatic heterocycles. The van der Waals surface area contributed by atoms with E-state index < -0.39 is 11.5 Å². The quantitative estimate of drug-likeness (QED) is 0.559. The van der Waals surface area contributed by atoms with E-state index in [9.17, 15) is 4.39 Å². The van der Waals surface area contributed by atoms with Crippen molar-refractivity contribution in [2.75, 3.05) is 24.2 Å². The largest absolute Gasteiger partial charge is 0.466 e. The molecule has 1 fully saturated rings. The minimum absolute atomic E-state index is 0.0176. The molecule has 0 spiro atoms. The van der Waals surface area contributed by atoms with Crippen LogP contribution >= 0.6 is 0 Å². The van der Waals surface area contributed by atoms with Gasteiger partial charge in [-0.1, -0.05) is 0 Å². The summed E-state index contributed by atoms with van der Waals surface area (Å²) in [6.45, 7) is 13.4. The maximum absolute atomic E-state index is 14.6. The van der Waals surface area contributed by atoms with Gasteiger partial charge in [-0.05, 0) is 89.6 Å². The third-order valence-corrected chi connectivity index (χ3v) is 7.59. The maximum Gasteiger partial charge on any atom is 0.229 e. The molecule has 0 saturated carbocycles. The Hall–Kier alpha value is -3.34. The second-order valence-electron chi connectivity index (χ2n) is 11.0. The van der Waals surface area contributed by atoms with Crippen LogP contribution in [0, 0.1) is 11.7 Å². The molecule has 1 atom stereocenters. The Morgan fingerprint density at radius 3 is 2.66 bits per heavy atom. The number of aromatic nitrogens is 6. The first-order valence-electron chi connectivity index (χ1n) is 11.8. The summed E-state index contributed by atoms with van der Waals surface area (Å²) in [5, 5.41) is 18.4. The van der Waals surface area contributed by atoms with E-state index in [1.807, 2.05) is 32.0 Å². The summed E-state index contributed by atoms with van der Waals surface area (Å²) in [4.78, 5) is 10.9. The molecule has 1 aromatic carbocycles. The zero-order valence-corrected chi connectivity index (χ0v) is 21.2. The zero-order chi connectivity index (χ0) is 25.2. The van der Waals surface area contributed by atoms with Crippen molar-refractivity contribution in [3.05, 3.63) is 30.2 Å². The van der Waals surface area contributed by atoms with Gasteiger partial charge in [0.1, 0.15) is 5.75 Å². The SMILES string of the molecule is CN1C(C)(C)CC(CNc2nc(Nc3ccc4c(c3)-c3nnnn3C(C)(C)O4)ncc2F)C1(C)C. The number of benzene rings is 1. The van der Waals surface area contributed by atoms with Crippen LogP contribution < -0.4 is 15.4 Å². The van der Waals surface area contributed by atoms with Crippen LogP contribution in [0.4, 0.5) is 21.8 Å². The van der Waals surface area contributed by atoms with Crippen LogP contribution in [0.2, 0.25) is 0 Å². The fraction of sp³-hybridized carbons (Fsp3) is 0.542. The first-order valence-corrected chi connectivity index (χ1v) is 11.8. The fourth-order valence-electron chi connectivity index (χ4n) is 5.17. The number of tetrazole rings is 1. The molecule has 1 saturated heterocycles. The summed E-state index contributed by atoms with van der Waals surface area (Å²) in [7, 11) is 2.15. The van der Waals surface area contributed by atoms with Gasteiger partial charge in [-0.25, -0.2) is 9.37 Å². The number of rotatable bonds is 5. The summed E-state index contributed by atoms with van der Waals surface area (Å²) in [5.41, 5.74) is 0.822. The Bertz CT molecular complexity index is 1270. The monoisotopic (exact) mass is 481 g/mol. The Morgan fingerprint density at radius 1 is 1.17 bits per heavy atom. The molecule has 11 heteroatoms. The number of likely N-dealkylation sites (tertiary alicyclic amines) is 1. The molecule has 5 rings (SSSR count). The lowest BCUT2D eigenvalue weighted by molar-refractivity contribution is 0.0120. The summed E-state index contributed by atoms with van der Waals surface area (Å²) in [6, 6.07) is 5.57. The van der Waals surface area contributed by atoms with Gasteiger partial charge >= 0.3 is 0 Å². The molecule has 1 unspecified atom stereocenters. The average Bonchev–Trinajstić information content (AvgIpc) is 3.34. The molecule has 0 bridgehead atoms. The molecule has 0 aliphatic carbocycles. The van der Waals surface area contributed by atoms with E-state index in [1.54, 1.807) is 4.68 Å². The van der Waals surface area contributed by atoms with Crippen molar-refractivity contribution in [1.29, 1.82) is 0 Å². The molecular weight excluding hydrogens is 449 g/mol. The van der Waals surface area contributed by atoms with Gasteiger partial charge in [0.15, 0.2) is 17.5 Å². The Kier molecular flexibility index (Phi) is 5.24. The van der Waals surface area contributed by atoms with Gasteiger partial charge in [0.05, 0.1) is 11.8 Å². The number of nitrogens with zero attached hydrogens (tertiary/aromatic N) is 7. The third-order valence-electron chi connectivity index (χ3n) is 7.59. The molecule has 10 nitrogen and oxygen atoms in total. The first-order chi connectivity index (χ1) is 16.4. The average molecular weight is 482 g/mol. The molecule has 2 aliphatic heterocycles. The second-order valence-corrected chi connectivity index (χ2v) is 11.0. The molecule has 0 amide bonds. The summed E-state index contributed by atoms with van der Waals surface area (Å²) < 4.78 is 22.3. The maximum atomic E-state index is 14.6. The molecule has 0 radical (unpaired) electrons. The van der Waals surface area contributed by atoms with Crippen molar-refractivity contribution >= 4 is 17.5 Å². The van der Waals surface area contributed by atoms with Crippen molar-refractivity contribution < 1.29 is 9.13 Å².